The van der Waals surface area contributed by atoms with Crippen molar-refractivity contribution in [3.05, 3.63) is 42.4 Å². The molecule has 1 atom stereocenters. The number of fused-ring (bicyclic) bond motifs is 1. The molecular weight excluding hydrogens is 496 g/mol. The number of anilines is 2. The van der Waals surface area contributed by atoms with E-state index in [9.17, 15) is 4.79 Å². The third kappa shape index (κ3) is 5.88. The fourth-order valence-corrected chi connectivity index (χ4v) is 5.67. The lowest BCUT2D eigenvalue weighted by Crippen LogP contribution is -2.52. The van der Waals surface area contributed by atoms with Crippen LogP contribution in [0.4, 0.5) is 16.4 Å². The number of piperazine rings is 1. The molecule has 0 spiro atoms. The van der Waals surface area contributed by atoms with Crippen LogP contribution in [0.1, 0.15) is 45.2 Å². The van der Waals surface area contributed by atoms with Crippen LogP contribution in [-0.4, -0.2) is 84.0 Å². The Bertz CT molecular complexity index is 1250. The van der Waals surface area contributed by atoms with Crippen LogP contribution < -0.4 is 9.96 Å². The molecule has 0 N–H and O–H groups in total. The van der Waals surface area contributed by atoms with E-state index in [1.54, 1.807) is 0 Å². The van der Waals surface area contributed by atoms with Crippen molar-refractivity contribution >= 4 is 23.2 Å². The molecule has 1 unspecified atom stereocenters. The van der Waals surface area contributed by atoms with Gasteiger partial charge in [-0.3, -0.25) is 19.1 Å². The van der Waals surface area contributed by atoms with Crippen LogP contribution in [0.15, 0.2) is 36.7 Å². The molecule has 39 heavy (non-hydrogen) atoms. The second kappa shape index (κ2) is 12.3. The summed E-state index contributed by atoms with van der Waals surface area (Å²) in [4.78, 5) is 32.7. The number of hydroxylamine groups is 1. The zero-order valence-electron chi connectivity index (χ0n) is 23.5. The first-order valence-electron chi connectivity index (χ1n) is 14.1. The number of aromatic nitrogens is 3. The fraction of sp³-hybridized carbons (Fsp3) is 0.552. The quantitative estimate of drug-likeness (QED) is 0.383. The summed E-state index contributed by atoms with van der Waals surface area (Å²) in [5.74, 6) is 0.938. The molecule has 4 heterocycles. The van der Waals surface area contributed by atoms with Gasteiger partial charge in [0, 0.05) is 63.4 Å². The van der Waals surface area contributed by atoms with E-state index in [1.165, 1.54) is 12.2 Å². The summed E-state index contributed by atoms with van der Waals surface area (Å²) in [5, 5.41) is 1.18. The molecule has 0 aliphatic carbocycles. The van der Waals surface area contributed by atoms with E-state index in [0.29, 0.717) is 11.7 Å². The lowest BCUT2D eigenvalue weighted by atomic mass is 10.1. The van der Waals surface area contributed by atoms with Crippen molar-refractivity contribution in [2.75, 3.05) is 56.5 Å². The molecule has 2 aliphatic heterocycles. The van der Waals surface area contributed by atoms with Gasteiger partial charge in [0.25, 0.3) is 0 Å². The number of benzene rings is 1. The van der Waals surface area contributed by atoms with E-state index in [1.807, 2.05) is 50.5 Å². The van der Waals surface area contributed by atoms with Crippen LogP contribution in [0.25, 0.3) is 16.8 Å². The molecule has 210 valence electrons. The van der Waals surface area contributed by atoms with Crippen LogP contribution in [0, 0.1) is 6.92 Å². The van der Waals surface area contributed by atoms with Gasteiger partial charge in [0.2, 0.25) is 5.95 Å². The Balaban J connectivity index is 1.37. The van der Waals surface area contributed by atoms with E-state index in [4.69, 9.17) is 19.3 Å². The number of ether oxygens (including phenoxy) is 2. The molecule has 2 fully saturated rings. The number of carbonyl (C=O) groups excluding carboxylic acids is 1. The van der Waals surface area contributed by atoms with E-state index in [2.05, 4.69) is 26.1 Å². The minimum absolute atomic E-state index is 0.177. The van der Waals surface area contributed by atoms with Crippen molar-refractivity contribution in [1.29, 1.82) is 0 Å². The molecule has 1 aromatic carbocycles. The largest absolute Gasteiger partial charge is 0.445 e. The third-order valence-corrected chi connectivity index (χ3v) is 7.74. The van der Waals surface area contributed by atoms with Crippen LogP contribution in [-0.2, 0) is 14.3 Å². The van der Waals surface area contributed by atoms with Crippen molar-refractivity contribution in [1.82, 2.24) is 19.3 Å². The maximum Gasteiger partial charge on any atom is 0.439 e. The standard InChI is InChI=1S/C29H40N6O4/c1-5-6-21(2)39-29(36)35(37-4)25-9-7-23(8-10-25)26-27-22(3)30-13-14-34(27)28(31-26)33-17-15-32(16-18-33)24-11-19-38-20-12-24/h7-10,13-14,21,24H,5-6,11-12,15-20H2,1-4H3. The topological polar surface area (TPSA) is 84.7 Å². The summed E-state index contributed by atoms with van der Waals surface area (Å²) in [6.07, 6.45) is 7.10. The molecule has 10 nitrogen and oxygen atoms in total. The van der Waals surface area contributed by atoms with Crippen LogP contribution in [0.3, 0.4) is 0 Å². The molecular formula is C29H40N6O4. The zero-order chi connectivity index (χ0) is 27.4. The number of nitrogens with zero attached hydrogens (tertiary/aromatic N) is 6. The molecule has 2 saturated heterocycles. The minimum Gasteiger partial charge on any atom is -0.445 e. The normalized spacial score (nSPS) is 17.9. The molecule has 10 heteroatoms. The number of imidazole rings is 1. The third-order valence-electron chi connectivity index (χ3n) is 7.74. The highest BCUT2D eigenvalue weighted by Crippen LogP contribution is 2.32. The monoisotopic (exact) mass is 536 g/mol. The number of amides is 1. The number of rotatable bonds is 8. The van der Waals surface area contributed by atoms with Gasteiger partial charge in [-0.2, -0.15) is 5.06 Å². The number of carbonyl (C=O) groups is 1. The van der Waals surface area contributed by atoms with Crippen molar-refractivity contribution in [3.63, 3.8) is 0 Å². The predicted molar refractivity (Wildman–Crippen MR) is 151 cm³/mol. The summed E-state index contributed by atoms with van der Waals surface area (Å²) in [6.45, 7) is 11.6. The lowest BCUT2D eigenvalue weighted by molar-refractivity contribution is 0.0320. The Morgan fingerprint density at radius 2 is 1.87 bits per heavy atom. The van der Waals surface area contributed by atoms with Gasteiger partial charge in [0.05, 0.1) is 24.0 Å². The van der Waals surface area contributed by atoms with Gasteiger partial charge in [-0.25, -0.2) is 9.78 Å². The second-order valence-corrected chi connectivity index (χ2v) is 10.4. The molecule has 5 rings (SSSR count). The van der Waals surface area contributed by atoms with E-state index < -0.39 is 6.09 Å². The SMILES string of the molecule is CCCC(C)OC(=O)N(OC)c1ccc(-c2nc(N3CCN(C4CCOCC4)CC3)n3ccnc(C)c23)cc1. The highest BCUT2D eigenvalue weighted by Gasteiger charge is 2.28. The van der Waals surface area contributed by atoms with Crippen molar-refractivity contribution in [3.8, 4) is 11.3 Å². The smallest absolute Gasteiger partial charge is 0.439 e. The van der Waals surface area contributed by atoms with Gasteiger partial charge >= 0.3 is 6.09 Å². The van der Waals surface area contributed by atoms with Gasteiger partial charge in [-0.15, -0.1) is 0 Å². The molecule has 2 aromatic heterocycles. The van der Waals surface area contributed by atoms with Gasteiger partial charge < -0.3 is 14.4 Å². The highest BCUT2D eigenvalue weighted by atomic mass is 16.7. The predicted octanol–water partition coefficient (Wildman–Crippen LogP) is 4.70. The molecule has 0 bridgehead atoms. The molecule has 0 saturated carbocycles. The summed E-state index contributed by atoms with van der Waals surface area (Å²) in [7, 11) is 1.46. The van der Waals surface area contributed by atoms with Gasteiger partial charge in [-0.1, -0.05) is 25.5 Å². The average molecular weight is 537 g/mol. The van der Waals surface area contributed by atoms with Gasteiger partial charge in [0.1, 0.15) is 11.8 Å². The Morgan fingerprint density at radius 3 is 2.54 bits per heavy atom. The summed E-state index contributed by atoms with van der Waals surface area (Å²) in [5.41, 5.74) is 4.32. The summed E-state index contributed by atoms with van der Waals surface area (Å²) >= 11 is 0. The van der Waals surface area contributed by atoms with Crippen LogP contribution >= 0.6 is 0 Å². The Morgan fingerprint density at radius 1 is 1.15 bits per heavy atom. The maximum absolute atomic E-state index is 12.7. The number of hydrogen-bond acceptors (Lipinski definition) is 8. The van der Waals surface area contributed by atoms with Crippen LogP contribution in [0.5, 0.6) is 0 Å². The van der Waals surface area contributed by atoms with E-state index in [-0.39, 0.29) is 6.10 Å². The van der Waals surface area contributed by atoms with Gasteiger partial charge in [-0.05, 0) is 45.2 Å². The van der Waals surface area contributed by atoms with E-state index >= 15 is 0 Å². The van der Waals surface area contributed by atoms with Crippen molar-refractivity contribution in [2.24, 2.45) is 0 Å². The molecule has 3 aromatic rings. The Labute approximate surface area is 230 Å². The second-order valence-electron chi connectivity index (χ2n) is 10.4. The summed E-state index contributed by atoms with van der Waals surface area (Å²) in [6, 6.07) is 8.26. The average Bonchev–Trinajstić information content (AvgIpc) is 3.35. The number of hydrogen-bond donors (Lipinski definition) is 0. The molecule has 1 amide bonds. The Hall–Kier alpha value is -3.21. The zero-order valence-corrected chi connectivity index (χ0v) is 23.5. The van der Waals surface area contributed by atoms with Gasteiger partial charge in [0.15, 0.2) is 0 Å². The van der Waals surface area contributed by atoms with E-state index in [0.717, 1.165) is 93.5 Å². The number of aryl methyl sites for hydroxylation is 1. The van der Waals surface area contributed by atoms with Crippen LogP contribution in [0.2, 0.25) is 0 Å². The molecule has 2 aliphatic rings. The highest BCUT2D eigenvalue weighted by molar-refractivity contribution is 5.87. The minimum atomic E-state index is -0.527. The first-order chi connectivity index (χ1) is 19.0. The first-order valence-corrected chi connectivity index (χ1v) is 14.1. The lowest BCUT2D eigenvalue weighted by Gasteiger charge is -2.40. The summed E-state index contributed by atoms with van der Waals surface area (Å²) < 4.78 is 13.2. The molecule has 0 radical (unpaired) electrons. The van der Waals surface area contributed by atoms with Crippen molar-refractivity contribution in [2.45, 2.75) is 58.6 Å². The first kappa shape index (κ1) is 27.4. The Kier molecular flexibility index (Phi) is 8.64. The fourth-order valence-electron chi connectivity index (χ4n) is 5.67. The maximum atomic E-state index is 12.7. The van der Waals surface area contributed by atoms with Crippen molar-refractivity contribution < 1.29 is 19.1 Å².